The lowest BCUT2D eigenvalue weighted by molar-refractivity contribution is -0.128. The SMILES string of the molecule is O=C1CSCCN1CC1CCCCN1. The van der Waals surface area contributed by atoms with Gasteiger partial charge in [-0.3, -0.25) is 4.79 Å². The van der Waals surface area contributed by atoms with Crippen LogP contribution in [0, 0.1) is 0 Å². The van der Waals surface area contributed by atoms with Gasteiger partial charge in [-0.05, 0) is 19.4 Å². The molecule has 0 aromatic rings. The summed E-state index contributed by atoms with van der Waals surface area (Å²) in [6.45, 7) is 3.00. The summed E-state index contributed by atoms with van der Waals surface area (Å²) in [6, 6.07) is 0.552. The molecule has 2 fully saturated rings. The fraction of sp³-hybridized carbons (Fsp3) is 0.900. The molecule has 3 nitrogen and oxygen atoms in total. The van der Waals surface area contributed by atoms with E-state index in [1.54, 1.807) is 11.8 Å². The van der Waals surface area contributed by atoms with E-state index in [-0.39, 0.29) is 0 Å². The maximum absolute atomic E-state index is 11.5. The summed E-state index contributed by atoms with van der Waals surface area (Å²) in [7, 11) is 0. The van der Waals surface area contributed by atoms with Crippen LogP contribution in [0.15, 0.2) is 0 Å². The van der Waals surface area contributed by atoms with Gasteiger partial charge in [-0.15, -0.1) is 0 Å². The molecule has 1 N–H and O–H groups in total. The van der Waals surface area contributed by atoms with Crippen LogP contribution in [0.3, 0.4) is 0 Å². The molecule has 0 aromatic heterocycles. The van der Waals surface area contributed by atoms with E-state index >= 15 is 0 Å². The Morgan fingerprint density at radius 3 is 3.14 bits per heavy atom. The monoisotopic (exact) mass is 214 g/mol. The van der Waals surface area contributed by atoms with E-state index in [4.69, 9.17) is 0 Å². The number of hydrogen-bond donors (Lipinski definition) is 1. The van der Waals surface area contributed by atoms with Crippen molar-refractivity contribution in [1.82, 2.24) is 10.2 Å². The van der Waals surface area contributed by atoms with Gasteiger partial charge < -0.3 is 10.2 Å². The number of rotatable bonds is 2. The smallest absolute Gasteiger partial charge is 0.232 e. The van der Waals surface area contributed by atoms with Gasteiger partial charge >= 0.3 is 0 Å². The summed E-state index contributed by atoms with van der Waals surface area (Å²) in [5, 5.41) is 3.49. The van der Waals surface area contributed by atoms with Crippen LogP contribution in [0.2, 0.25) is 0 Å². The van der Waals surface area contributed by atoms with E-state index in [1.807, 2.05) is 4.90 Å². The molecule has 2 aliphatic heterocycles. The summed E-state index contributed by atoms with van der Waals surface area (Å²) in [5.41, 5.74) is 0. The first-order chi connectivity index (χ1) is 6.86. The number of carbonyl (C=O) groups is 1. The van der Waals surface area contributed by atoms with Crippen molar-refractivity contribution in [2.45, 2.75) is 25.3 Å². The van der Waals surface area contributed by atoms with Gasteiger partial charge in [0, 0.05) is 24.9 Å². The van der Waals surface area contributed by atoms with Crippen molar-refractivity contribution in [2.75, 3.05) is 31.1 Å². The lowest BCUT2D eigenvalue weighted by Gasteiger charge is -2.32. The molecule has 4 heteroatoms. The molecule has 0 aliphatic carbocycles. The summed E-state index contributed by atoms with van der Waals surface area (Å²) in [4.78, 5) is 13.6. The second-order valence-electron chi connectivity index (χ2n) is 4.04. The van der Waals surface area contributed by atoms with Crippen molar-refractivity contribution in [1.29, 1.82) is 0 Å². The maximum Gasteiger partial charge on any atom is 0.232 e. The molecule has 0 radical (unpaired) electrons. The fourth-order valence-corrected chi connectivity index (χ4v) is 2.94. The highest BCUT2D eigenvalue weighted by molar-refractivity contribution is 8.00. The van der Waals surface area contributed by atoms with E-state index in [1.165, 1.54) is 19.3 Å². The highest BCUT2D eigenvalue weighted by atomic mass is 32.2. The highest BCUT2D eigenvalue weighted by Crippen LogP contribution is 2.14. The molecule has 0 spiro atoms. The highest BCUT2D eigenvalue weighted by Gasteiger charge is 2.22. The van der Waals surface area contributed by atoms with Crippen molar-refractivity contribution in [2.24, 2.45) is 0 Å². The molecule has 1 amide bonds. The van der Waals surface area contributed by atoms with Gasteiger partial charge in [0.15, 0.2) is 0 Å². The van der Waals surface area contributed by atoms with Gasteiger partial charge in [0.2, 0.25) is 5.91 Å². The number of piperidine rings is 1. The average molecular weight is 214 g/mol. The van der Waals surface area contributed by atoms with Crippen LogP contribution in [0.5, 0.6) is 0 Å². The van der Waals surface area contributed by atoms with E-state index in [0.717, 1.165) is 25.4 Å². The third kappa shape index (κ3) is 2.64. The summed E-state index contributed by atoms with van der Waals surface area (Å²) in [5.74, 6) is 2.12. The van der Waals surface area contributed by atoms with Gasteiger partial charge in [0.25, 0.3) is 0 Å². The Hall–Kier alpha value is -0.220. The third-order valence-electron chi connectivity index (χ3n) is 2.94. The zero-order valence-corrected chi connectivity index (χ0v) is 9.31. The van der Waals surface area contributed by atoms with Crippen molar-refractivity contribution in [3.8, 4) is 0 Å². The normalized spacial score (nSPS) is 29.3. The topological polar surface area (TPSA) is 32.3 Å². The van der Waals surface area contributed by atoms with Crippen molar-refractivity contribution < 1.29 is 4.79 Å². The molecule has 0 saturated carbocycles. The Labute approximate surface area is 89.6 Å². The Morgan fingerprint density at radius 2 is 2.43 bits per heavy atom. The Bertz CT molecular complexity index is 204. The predicted molar refractivity (Wildman–Crippen MR) is 59.5 cm³/mol. The second-order valence-corrected chi connectivity index (χ2v) is 5.14. The molecule has 80 valence electrons. The zero-order chi connectivity index (χ0) is 9.80. The first-order valence-corrected chi connectivity index (χ1v) is 6.60. The van der Waals surface area contributed by atoms with E-state index in [9.17, 15) is 4.79 Å². The Morgan fingerprint density at radius 1 is 1.50 bits per heavy atom. The van der Waals surface area contributed by atoms with Crippen LogP contribution in [-0.4, -0.2) is 48.0 Å². The Balaban J connectivity index is 1.79. The minimum Gasteiger partial charge on any atom is -0.340 e. The molecule has 2 rings (SSSR count). The van der Waals surface area contributed by atoms with E-state index in [0.29, 0.717) is 17.7 Å². The number of amides is 1. The van der Waals surface area contributed by atoms with Crippen molar-refractivity contribution >= 4 is 17.7 Å². The minimum atomic E-state index is 0.327. The van der Waals surface area contributed by atoms with Gasteiger partial charge in [-0.1, -0.05) is 6.42 Å². The van der Waals surface area contributed by atoms with Crippen LogP contribution in [0.25, 0.3) is 0 Å². The molecular weight excluding hydrogens is 196 g/mol. The van der Waals surface area contributed by atoms with Crippen molar-refractivity contribution in [3.63, 3.8) is 0 Å². The van der Waals surface area contributed by atoms with Gasteiger partial charge in [0.1, 0.15) is 0 Å². The maximum atomic E-state index is 11.5. The molecule has 0 aromatic carbocycles. The number of nitrogens with one attached hydrogen (secondary N) is 1. The molecule has 1 unspecified atom stereocenters. The van der Waals surface area contributed by atoms with Gasteiger partial charge in [-0.25, -0.2) is 0 Å². The van der Waals surface area contributed by atoms with Crippen LogP contribution >= 0.6 is 11.8 Å². The zero-order valence-electron chi connectivity index (χ0n) is 8.50. The molecule has 2 saturated heterocycles. The largest absolute Gasteiger partial charge is 0.340 e. The summed E-state index contributed by atoms with van der Waals surface area (Å²) in [6.07, 6.45) is 3.84. The first-order valence-electron chi connectivity index (χ1n) is 5.45. The second kappa shape index (κ2) is 5.03. The Kier molecular flexibility index (Phi) is 3.70. The van der Waals surface area contributed by atoms with E-state index < -0.39 is 0 Å². The van der Waals surface area contributed by atoms with Crippen molar-refractivity contribution in [3.05, 3.63) is 0 Å². The number of nitrogens with zero attached hydrogens (tertiary/aromatic N) is 1. The molecule has 2 heterocycles. The van der Waals surface area contributed by atoms with E-state index in [2.05, 4.69) is 5.32 Å². The number of hydrogen-bond acceptors (Lipinski definition) is 3. The molecule has 0 bridgehead atoms. The summed E-state index contributed by atoms with van der Waals surface area (Å²) >= 11 is 1.76. The lowest BCUT2D eigenvalue weighted by Crippen LogP contribution is -2.48. The van der Waals surface area contributed by atoms with Gasteiger partial charge in [0.05, 0.1) is 5.75 Å². The average Bonchev–Trinajstić information content (AvgIpc) is 2.23. The molecular formula is C10H18N2OS. The van der Waals surface area contributed by atoms with Crippen LogP contribution in [-0.2, 0) is 4.79 Å². The minimum absolute atomic E-state index is 0.327. The van der Waals surface area contributed by atoms with Crippen LogP contribution in [0.4, 0.5) is 0 Å². The first kappa shape index (κ1) is 10.3. The number of thioether (sulfide) groups is 1. The molecule has 1 atom stereocenters. The lowest BCUT2D eigenvalue weighted by atomic mass is 10.0. The standard InChI is InChI=1S/C10H18N2OS/c13-10-8-14-6-5-12(10)7-9-3-1-2-4-11-9/h9,11H,1-8H2. The quantitative estimate of drug-likeness (QED) is 0.734. The van der Waals surface area contributed by atoms with Crippen LogP contribution < -0.4 is 5.32 Å². The van der Waals surface area contributed by atoms with Gasteiger partial charge in [-0.2, -0.15) is 11.8 Å². The number of carbonyl (C=O) groups excluding carboxylic acids is 1. The third-order valence-corrected chi connectivity index (χ3v) is 3.86. The van der Waals surface area contributed by atoms with Crippen LogP contribution in [0.1, 0.15) is 19.3 Å². The molecule has 2 aliphatic rings. The molecule has 14 heavy (non-hydrogen) atoms. The fourth-order valence-electron chi connectivity index (χ4n) is 2.09. The summed E-state index contributed by atoms with van der Waals surface area (Å²) < 4.78 is 0. The predicted octanol–water partition coefficient (Wildman–Crippen LogP) is 0.704.